The van der Waals surface area contributed by atoms with E-state index >= 15 is 0 Å². The molecule has 1 aromatic heterocycles. The van der Waals surface area contributed by atoms with Crippen LogP contribution in [0.2, 0.25) is 5.02 Å². The molecule has 0 fully saturated rings. The van der Waals surface area contributed by atoms with E-state index in [4.69, 9.17) is 16.6 Å². The molecule has 3 rings (SSSR count). The van der Waals surface area contributed by atoms with Crippen LogP contribution in [0.3, 0.4) is 0 Å². The highest BCUT2D eigenvalue weighted by molar-refractivity contribution is 6.32. The topological polar surface area (TPSA) is 24.9 Å². The second-order valence-corrected chi connectivity index (χ2v) is 6.38. The van der Waals surface area contributed by atoms with Crippen LogP contribution in [0.25, 0.3) is 10.9 Å². The molecule has 0 radical (unpaired) electrons. The minimum Gasteiger partial charge on any atom is -0.313 e. The predicted octanol–water partition coefficient (Wildman–Crippen LogP) is 4.58. The fourth-order valence-corrected chi connectivity index (χ4v) is 3.41. The summed E-state index contributed by atoms with van der Waals surface area (Å²) in [5.41, 5.74) is 6.42. The maximum absolute atomic E-state index is 6.28. The molecule has 3 heteroatoms. The fraction of sp³-hybridized carbons (Fsp3) is 0.500. The molecule has 0 amide bonds. The van der Waals surface area contributed by atoms with E-state index in [1.807, 2.05) is 6.07 Å². The summed E-state index contributed by atoms with van der Waals surface area (Å²) in [6, 6.07) is 4.16. The zero-order valence-corrected chi connectivity index (χ0v) is 13.7. The Hall–Kier alpha value is -1.12. The Morgan fingerprint density at radius 1 is 1.29 bits per heavy atom. The number of hydrogen-bond donors (Lipinski definition) is 1. The second kappa shape index (κ2) is 6.33. The van der Waals surface area contributed by atoms with Crippen molar-refractivity contribution in [2.45, 2.75) is 52.5 Å². The van der Waals surface area contributed by atoms with E-state index in [0.717, 1.165) is 35.6 Å². The van der Waals surface area contributed by atoms with Gasteiger partial charge < -0.3 is 5.32 Å². The summed E-state index contributed by atoms with van der Waals surface area (Å²) in [7, 11) is 0. The van der Waals surface area contributed by atoms with Crippen molar-refractivity contribution in [1.82, 2.24) is 10.3 Å². The van der Waals surface area contributed by atoms with Gasteiger partial charge in [-0.1, -0.05) is 31.0 Å². The number of halogens is 1. The minimum absolute atomic E-state index is 0.817. The van der Waals surface area contributed by atoms with Crippen LogP contribution in [0.5, 0.6) is 0 Å². The molecule has 2 nitrogen and oxygen atoms in total. The maximum Gasteiger partial charge on any atom is 0.0752 e. The molecule has 1 heterocycles. The van der Waals surface area contributed by atoms with Gasteiger partial charge in [0.05, 0.1) is 5.52 Å². The van der Waals surface area contributed by atoms with Gasteiger partial charge in [-0.25, -0.2) is 0 Å². The number of unbranched alkanes of at least 4 members (excludes halogenated alkanes) is 1. The lowest BCUT2D eigenvalue weighted by Gasteiger charge is -2.15. The monoisotopic (exact) mass is 302 g/mol. The third-order valence-electron chi connectivity index (χ3n) is 4.50. The molecule has 1 N–H and O–H groups in total. The molecule has 112 valence electrons. The van der Waals surface area contributed by atoms with Crippen molar-refractivity contribution in [3.63, 3.8) is 0 Å². The molecule has 21 heavy (non-hydrogen) atoms. The standard InChI is InChI=1S/C18H23ClN2/c1-3-4-10-20-11-15-13-6-5-7-17(13)21-18-12(2)16(19)9-8-14(15)18/h8-9,20H,3-7,10-11H2,1-2H3. The van der Waals surface area contributed by atoms with Gasteiger partial charge in [-0.2, -0.15) is 0 Å². The first-order valence-corrected chi connectivity index (χ1v) is 8.40. The molecule has 2 aromatic rings. The van der Waals surface area contributed by atoms with Gasteiger partial charge in [0.15, 0.2) is 0 Å². The zero-order valence-electron chi connectivity index (χ0n) is 12.9. The third-order valence-corrected chi connectivity index (χ3v) is 4.91. The molecule has 1 aliphatic carbocycles. The first-order valence-electron chi connectivity index (χ1n) is 8.02. The number of rotatable bonds is 5. The Bertz CT molecular complexity index is 664. The molecular formula is C18H23ClN2. The van der Waals surface area contributed by atoms with Crippen LogP contribution in [0.1, 0.15) is 48.6 Å². The van der Waals surface area contributed by atoms with Crippen molar-refractivity contribution in [1.29, 1.82) is 0 Å². The summed E-state index contributed by atoms with van der Waals surface area (Å²) < 4.78 is 0. The smallest absolute Gasteiger partial charge is 0.0752 e. The number of nitrogens with zero attached hydrogens (tertiary/aromatic N) is 1. The molecule has 0 saturated heterocycles. The van der Waals surface area contributed by atoms with E-state index in [1.54, 1.807) is 0 Å². The second-order valence-electron chi connectivity index (χ2n) is 5.97. The molecule has 0 unspecified atom stereocenters. The van der Waals surface area contributed by atoms with Crippen molar-refractivity contribution < 1.29 is 0 Å². The lowest BCUT2D eigenvalue weighted by Crippen LogP contribution is -2.16. The molecular weight excluding hydrogens is 280 g/mol. The quantitative estimate of drug-likeness (QED) is 0.818. The van der Waals surface area contributed by atoms with Crippen molar-refractivity contribution in [2.24, 2.45) is 0 Å². The number of aryl methyl sites for hydroxylation is 2. The number of aromatic nitrogens is 1. The van der Waals surface area contributed by atoms with Crippen molar-refractivity contribution in [2.75, 3.05) is 6.54 Å². The van der Waals surface area contributed by atoms with Crippen molar-refractivity contribution in [3.8, 4) is 0 Å². The fourth-order valence-electron chi connectivity index (χ4n) is 3.25. The maximum atomic E-state index is 6.28. The van der Waals surface area contributed by atoms with Crippen LogP contribution in [0, 0.1) is 6.92 Å². The summed E-state index contributed by atoms with van der Waals surface area (Å²) in [5.74, 6) is 0. The first kappa shape index (κ1) is 14.8. The van der Waals surface area contributed by atoms with E-state index in [9.17, 15) is 0 Å². The number of hydrogen-bond acceptors (Lipinski definition) is 2. The number of benzene rings is 1. The van der Waals surface area contributed by atoms with E-state index in [0.29, 0.717) is 0 Å². The molecule has 0 aliphatic heterocycles. The number of fused-ring (bicyclic) bond motifs is 2. The summed E-state index contributed by atoms with van der Waals surface area (Å²) >= 11 is 6.28. The Labute approximate surface area is 131 Å². The lowest BCUT2D eigenvalue weighted by molar-refractivity contribution is 0.640. The van der Waals surface area contributed by atoms with E-state index in [1.165, 1.54) is 47.9 Å². The average Bonchev–Trinajstić information content (AvgIpc) is 2.95. The van der Waals surface area contributed by atoms with Gasteiger partial charge in [0, 0.05) is 22.6 Å². The van der Waals surface area contributed by atoms with E-state index < -0.39 is 0 Å². The third kappa shape index (κ3) is 2.79. The van der Waals surface area contributed by atoms with Gasteiger partial charge in [0.1, 0.15) is 0 Å². The largest absolute Gasteiger partial charge is 0.313 e. The highest BCUT2D eigenvalue weighted by Gasteiger charge is 2.20. The molecule has 1 aliphatic rings. The zero-order chi connectivity index (χ0) is 14.8. The van der Waals surface area contributed by atoms with Gasteiger partial charge >= 0.3 is 0 Å². The average molecular weight is 303 g/mol. The molecule has 0 bridgehead atoms. The van der Waals surface area contributed by atoms with Gasteiger partial charge in [0.2, 0.25) is 0 Å². The van der Waals surface area contributed by atoms with Crippen LogP contribution >= 0.6 is 11.6 Å². The molecule has 0 saturated carbocycles. The Morgan fingerprint density at radius 3 is 2.95 bits per heavy atom. The van der Waals surface area contributed by atoms with Crippen LogP contribution < -0.4 is 5.32 Å². The molecule has 0 atom stereocenters. The van der Waals surface area contributed by atoms with Gasteiger partial charge in [-0.15, -0.1) is 0 Å². The van der Waals surface area contributed by atoms with Crippen LogP contribution in [-0.4, -0.2) is 11.5 Å². The highest BCUT2D eigenvalue weighted by Crippen LogP contribution is 2.33. The molecule has 0 spiro atoms. The number of pyridine rings is 1. The van der Waals surface area contributed by atoms with E-state index in [-0.39, 0.29) is 0 Å². The summed E-state index contributed by atoms with van der Waals surface area (Å²) in [5, 5.41) is 5.69. The highest BCUT2D eigenvalue weighted by atomic mass is 35.5. The summed E-state index contributed by atoms with van der Waals surface area (Å²) in [4.78, 5) is 4.91. The SMILES string of the molecule is CCCCNCc1c2c(nc3c(C)c(Cl)ccc13)CCC2. The normalized spacial score (nSPS) is 13.9. The van der Waals surface area contributed by atoms with E-state index in [2.05, 4.69) is 25.2 Å². The Morgan fingerprint density at radius 2 is 2.14 bits per heavy atom. The summed E-state index contributed by atoms with van der Waals surface area (Å²) in [6.07, 6.45) is 5.98. The Kier molecular flexibility index (Phi) is 4.46. The van der Waals surface area contributed by atoms with Gasteiger partial charge in [0.25, 0.3) is 0 Å². The minimum atomic E-state index is 0.817. The van der Waals surface area contributed by atoms with Gasteiger partial charge in [-0.3, -0.25) is 4.98 Å². The van der Waals surface area contributed by atoms with Crippen LogP contribution in [-0.2, 0) is 19.4 Å². The molecule has 1 aromatic carbocycles. The van der Waals surface area contributed by atoms with Crippen LogP contribution in [0.15, 0.2) is 12.1 Å². The summed E-state index contributed by atoms with van der Waals surface area (Å²) in [6.45, 7) is 6.34. The van der Waals surface area contributed by atoms with Gasteiger partial charge in [-0.05, 0) is 61.9 Å². The Balaban J connectivity index is 2.05. The van der Waals surface area contributed by atoms with Crippen molar-refractivity contribution in [3.05, 3.63) is 39.5 Å². The van der Waals surface area contributed by atoms with Crippen LogP contribution in [0.4, 0.5) is 0 Å². The lowest BCUT2D eigenvalue weighted by atomic mass is 9.99. The van der Waals surface area contributed by atoms with Crippen molar-refractivity contribution >= 4 is 22.5 Å². The number of nitrogens with one attached hydrogen (secondary N) is 1. The first-order chi connectivity index (χ1) is 10.2. The predicted molar refractivity (Wildman–Crippen MR) is 90.1 cm³/mol.